The average Bonchev–Trinajstić information content (AvgIpc) is 2.13. The molecule has 0 spiro atoms. The van der Waals surface area contributed by atoms with Crippen LogP contribution in [0.3, 0.4) is 0 Å². The monoisotopic (exact) mass is 265 g/mol. The normalized spacial score (nSPS) is 26.4. The van der Waals surface area contributed by atoms with E-state index in [2.05, 4.69) is 0 Å². The number of ether oxygens (including phenoxy) is 1. The second-order valence-corrected chi connectivity index (χ2v) is 7.66. The molecule has 0 aromatic carbocycles. The van der Waals surface area contributed by atoms with Gasteiger partial charge in [-0.25, -0.2) is 8.42 Å². The molecule has 1 unspecified atom stereocenters. The Bertz CT molecular complexity index is 350. The van der Waals surface area contributed by atoms with Gasteiger partial charge in [0.15, 0.2) is 0 Å². The molecule has 0 saturated carbocycles. The van der Waals surface area contributed by atoms with Gasteiger partial charge in [0.05, 0.1) is 24.1 Å². The fourth-order valence-electron chi connectivity index (χ4n) is 2.08. The summed E-state index contributed by atoms with van der Waals surface area (Å²) < 4.78 is 31.3. The van der Waals surface area contributed by atoms with Crippen LogP contribution >= 0.6 is 0 Å². The molecule has 0 bridgehead atoms. The van der Waals surface area contributed by atoms with Crippen molar-refractivity contribution in [1.82, 2.24) is 4.31 Å². The lowest BCUT2D eigenvalue weighted by Crippen LogP contribution is -2.56. The van der Waals surface area contributed by atoms with Gasteiger partial charge in [-0.3, -0.25) is 0 Å². The fourth-order valence-corrected chi connectivity index (χ4v) is 4.03. The zero-order valence-electron chi connectivity index (χ0n) is 11.0. The highest BCUT2D eigenvalue weighted by atomic mass is 32.2. The number of nitrogens with zero attached hydrogens (tertiary/aromatic N) is 1. The molecule has 102 valence electrons. The molecule has 1 aliphatic rings. The number of sulfonamides is 1. The van der Waals surface area contributed by atoms with Crippen molar-refractivity contribution in [3.05, 3.63) is 0 Å². The van der Waals surface area contributed by atoms with Crippen LogP contribution in [0.2, 0.25) is 0 Å². The van der Waals surface area contributed by atoms with Crippen LogP contribution in [0.4, 0.5) is 0 Å². The Morgan fingerprint density at radius 1 is 1.47 bits per heavy atom. The highest BCUT2D eigenvalue weighted by Crippen LogP contribution is 2.23. The highest BCUT2D eigenvalue weighted by molar-refractivity contribution is 7.89. The number of morpholine rings is 1. The second kappa shape index (κ2) is 5.22. The maximum atomic E-state index is 12.1. The van der Waals surface area contributed by atoms with Gasteiger partial charge >= 0.3 is 0 Å². The number of hydrogen-bond acceptors (Lipinski definition) is 4. The quantitative estimate of drug-likeness (QED) is 0.801. The Morgan fingerprint density at radius 3 is 2.53 bits per heavy atom. The third kappa shape index (κ3) is 4.21. The van der Waals surface area contributed by atoms with E-state index in [9.17, 15) is 8.42 Å². The summed E-state index contributed by atoms with van der Waals surface area (Å²) >= 11 is 0. The van der Waals surface area contributed by atoms with Crippen molar-refractivity contribution in [2.45, 2.75) is 39.4 Å². The fraction of sp³-hybridized carbons (Fsp3) is 1.00. The van der Waals surface area contributed by atoms with Crippen LogP contribution < -0.4 is 0 Å². The molecule has 0 aromatic rings. The number of rotatable bonds is 4. The summed E-state index contributed by atoms with van der Waals surface area (Å²) in [6, 6.07) is 0. The summed E-state index contributed by atoms with van der Waals surface area (Å²) in [4.78, 5) is 0. The van der Waals surface area contributed by atoms with E-state index in [0.717, 1.165) is 0 Å². The van der Waals surface area contributed by atoms with Crippen LogP contribution in [0.25, 0.3) is 0 Å². The minimum atomic E-state index is -3.25. The van der Waals surface area contributed by atoms with Crippen LogP contribution in [-0.2, 0) is 14.8 Å². The first-order valence-corrected chi connectivity index (χ1v) is 7.54. The van der Waals surface area contributed by atoms with Gasteiger partial charge in [-0.1, -0.05) is 13.8 Å². The topological polar surface area (TPSA) is 66.8 Å². The van der Waals surface area contributed by atoms with Gasteiger partial charge in [0, 0.05) is 13.1 Å². The molecule has 1 saturated heterocycles. The van der Waals surface area contributed by atoms with E-state index in [4.69, 9.17) is 9.84 Å². The molecule has 0 aromatic heterocycles. The lowest BCUT2D eigenvalue weighted by atomic mass is 10.1. The first kappa shape index (κ1) is 14.9. The molecule has 1 fully saturated rings. The molecular weight excluding hydrogens is 242 g/mol. The van der Waals surface area contributed by atoms with Gasteiger partial charge in [-0.15, -0.1) is 0 Å². The third-order valence-corrected chi connectivity index (χ3v) is 4.74. The van der Waals surface area contributed by atoms with Gasteiger partial charge < -0.3 is 9.84 Å². The van der Waals surface area contributed by atoms with Gasteiger partial charge in [0.2, 0.25) is 10.0 Å². The number of aliphatic hydroxyl groups is 1. The van der Waals surface area contributed by atoms with Crippen LogP contribution in [0.1, 0.15) is 27.7 Å². The van der Waals surface area contributed by atoms with E-state index in [1.54, 1.807) is 0 Å². The molecule has 1 heterocycles. The molecular formula is C11H23NO4S. The van der Waals surface area contributed by atoms with Crippen molar-refractivity contribution < 1.29 is 18.3 Å². The Kier molecular flexibility index (Phi) is 4.57. The second-order valence-electron chi connectivity index (χ2n) is 5.65. The van der Waals surface area contributed by atoms with Crippen molar-refractivity contribution in [2.24, 2.45) is 5.92 Å². The zero-order chi connectivity index (χ0) is 13.3. The third-order valence-electron chi connectivity index (χ3n) is 2.59. The van der Waals surface area contributed by atoms with E-state index in [1.165, 1.54) is 4.31 Å². The predicted octanol–water partition coefficient (Wildman–Crippen LogP) is 0.444. The standard InChI is InChI=1S/C11H23NO4S/c1-9(2)7-17(14,15)12-5-10(6-13)16-11(3,4)8-12/h9-10,13H,5-8H2,1-4H3. The van der Waals surface area contributed by atoms with Crippen LogP contribution in [-0.4, -0.2) is 55.0 Å². The van der Waals surface area contributed by atoms with E-state index in [0.29, 0.717) is 6.54 Å². The summed E-state index contributed by atoms with van der Waals surface area (Å²) in [7, 11) is -3.25. The van der Waals surface area contributed by atoms with Gasteiger partial charge in [-0.2, -0.15) is 4.31 Å². The molecule has 1 atom stereocenters. The molecule has 1 rings (SSSR count). The van der Waals surface area contributed by atoms with Crippen molar-refractivity contribution in [1.29, 1.82) is 0 Å². The summed E-state index contributed by atoms with van der Waals surface area (Å²) in [6.07, 6.45) is -0.430. The summed E-state index contributed by atoms with van der Waals surface area (Å²) in [5.41, 5.74) is -0.546. The van der Waals surface area contributed by atoms with Crippen molar-refractivity contribution in [3.8, 4) is 0 Å². The molecule has 1 aliphatic heterocycles. The zero-order valence-corrected chi connectivity index (χ0v) is 11.8. The summed E-state index contributed by atoms with van der Waals surface area (Å²) in [6.45, 7) is 7.88. The average molecular weight is 265 g/mol. The van der Waals surface area contributed by atoms with E-state index >= 15 is 0 Å². The van der Waals surface area contributed by atoms with Crippen molar-refractivity contribution >= 4 is 10.0 Å². The molecule has 0 aliphatic carbocycles. The van der Waals surface area contributed by atoms with E-state index in [-0.39, 0.29) is 24.8 Å². The summed E-state index contributed by atoms with van der Waals surface area (Å²) in [5, 5.41) is 9.14. The molecule has 0 amide bonds. The summed E-state index contributed by atoms with van der Waals surface area (Å²) in [5.74, 6) is 0.236. The van der Waals surface area contributed by atoms with Crippen LogP contribution in [0.5, 0.6) is 0 Å². The van der Waals surface area contributed by atoms with Gasteiger partial charge in [0.25, 0.3) is 0 Å². The number of hydrogen-bond donors (Lipinski definition) is 1. The van der Waals surface area contributed by atoms with Gasteiger partial charge in [-0.05, 0) is 19.8 Å². The lowest BCUT2D eigenvalue weighted by Gasteiger charge is -2.41. The molecule has 1 N–H and O–H groups in total. The SMILES string of the molecule is CC(C)CS(=O)(=O)N1CC(CO)OC(C)(C)C1. The lowest BCUT2D eigenvalue weighted by molar-refractivity contribution is -0.131. The maximum Gasteiger partial charge on any atom is 0.214 e. The Morgan fingerprint density at radius 2 is 2.06 bits per heavy atom. The highest BCUT2D eigenvalue weighted by Gasteiger charge is 2.38. The smallest absolute Gasteiger partial charge is 0.214 e. The first-order valence-electron chi connectivity index (χ1n) is 5.93. The van der Waals surface area contributed by atoms with Crippen molar-refractivity contribution in [2.75, 3.05) is 25.4 Å². The first-order chi connectivity index (χ1) is 7.66. The van der Waals surface area contributed by atoms with Crippen molar-refractivity contribution in [3.63, 3.8) is 0 Å². The van der Waals surface area contributed by atoms with E-state index in [1.807, 2.05) is 27.7 Å². The van der Waals surface area contributed by atoms with Crippen LogP contribution in [0.15, 0.2) is 0 Å². The molecule has 6 heteroatoms. The molecule has 0 radical (unpaired) electrons. The largest absolute Gasteiger partial charge is 0.394 e. The van der Waals surface area contributed by atoms with E-state index < -0.39 is 21.7 Å². The number of aliphatic hydroxyl groups excluding tert-OH is 1. The molecule has 5 nitrogen and oxygen atoms in total. The molecule has 17 heavy (non-hydrogen) atoms. The Labute approximate surface area is 104 Å². The Balaban J connectivity index is 2.83. The van der Waals surface area contributed by atoms with Crippen LogP contribution in [0, 0.1) is 5.92 Å². The van der Waals surface area contributed by atoms with Gasteiger partial charge in [0.1, 0.15) is 0 Å². The Hall–Kier alpha value is -0.170. The minimum Gasteiger partial charge on any atom is -0.394 e. The minimum absolute atomic E-state index is 0.0959. The predicted molar refractivity (Wildman–Crippen MR) is 66.2 cm³/mol. The maximum absolute atomic E-state index is 12.1.